The Morgan fingerprint density at radius 1 is 1.04 bits per heavy atom. The molecule has 4 rings (SSSR count). The number of benzene rings is 2. The number of rotatable bonds is 3. The summed E-state index contributed by atoms with van der Waals surface area (Å²) >= 11 is 0. The lowest BCUT2D eigenvalue weighted by Crippen LogP contribution is -2.24. The van der Waals surface area contributed by atoms with Crippen molar-refractivity contribution in [2.75, 3.05) is 5.32 Å². The summed E-state index contributed by atoms with van der Waals surface area (Å²) < 4.78 is 1.71. The van der Waals surface area contributed by atoms with Crippen LogP contribution in [0.25, 0.3) is 11.4 Å². The zero-order valence-electron chi connectivity index (χ0n) is 12.6. The van der Waals surface area contributed by atoms with Crippen molar-refractivity contribution in [2.45, 2.75) is 6.04 Å². The fourth-order valence-electron chi connectivity index (χ4n) is 2.71. The van der Waals surface area contributed by atoms with Crippen LogP contribution in [0.4, 0.5) is 5.95 Å². The van der Waals surface area contributed by atoms with Crippen LogP contribution in [0.2, 0.25) is 0 Å². The molecular formula is C18H14N4O2. The molecule has 0 spiro atoms. The number of carboxylic acids is 1. The van der Waals surface area contributed by atoms with Crippen LogP contribution in [-0.2, 0) is 4.79 Å². The minimum atomic E-state index is -1.02. The monoisotopic (exact) mass is 318 g/mol. The van der Waals surface area contributed by atoms with Crippen molar-refractivity contribution in [2.24, 2.45) is 0 Å². The predicted octanol–water partition coefficient (Wildman–Crippen LogP) is 2.93. The predicted molar refractivity (Wildman–Crippen MR) is 89.4 cm³/mol. The molecule has 0 amide bonds. The molecule has 2 heterocycles. The molecule has 0 aliphatic carbocycles. The number of hydrogen-bond donors (Lipinski definition) is 2. The number of fused-ring (bicyclic) bond motifs is 1. The number of allylic oxidation sites excluding steroid dienone is 1. The Morgan fingerprint density at radius 2 is 1.71 bits per heavy atom. The normalized spacial score (nSPS) is 16.0. The Hall–Kier alpha value is -3.41. The first-order chi connectivity index (χ1) is 11.7. The number of anilines is 1. The molecule has 0 fully saturated rings. The van der Waals surface area contributed by atoms with Crippen molar-refractivity contribution in [3.8, 4) is 11.4 Å². The van der Waals surface area contributed by atoms with Gasteiger partial charge < -0.3 is 10.4 Å². The van der Waals surface area contributed by atoms with Crippen molar-refractivity contribution in [1.82, 2.24) is 14.8 Å². The first-order valence-electron chi connectivity index (χ1n) is 7.51. The molecule has 1 aromatic heterocycles. The van der Waals surface area contributed by atoms with Crippen molar-refractivity contribution in [3.63, 3.8) is 0 Å². The topological polar surface area (TPSA) is 80.0 Å². The Kier molecular flexibility index (Phi) is 3.35. The summed E-state index contributed by atoms with van der Waals surface area (Å²) in [5.74, 6) is -0.0480. The highest BCUT2D eigenvalue weighted by atomic mass is 16.4. The molecule has 1 aliphatic heterocycles. The van der Waals surface area contributed by atoms with E-state index in [-0.39, 0.29) is 11.7 Å². The third kappa shape index (κ3) is 2.44. The van der Waals surface area contributed by atoms with Crippen LogP contribution in [0.1, 0.15) is 11.6 Å². The first-order valence-corrected chi connectivity index (χ1v) is 7.51. The minimum Gasteiger partial charge on any atom is -0.477 e. The summed E-state index contributed by atoms with van der Waals surface area (Å²) in [6.45, 7) is 0. The van der Waals surface area contributed by atoms with Crippen molar-refractivity contribution >= 4 is 11.9 Å². The Bertz CT molecular complexity index is 917. The molecule has 2 aromatic carbocycles. The van der Waals surface area contributed by atoms with Gasteiger partial charge in [0.15, 0.2) is 5.82 Å². The zero-order chi connectivity index (χ0) is 16.5. The van der Waals surface area contributed by atoms with E-state index in [1.54, 1.807) is 10.8 Å². The number of nitrogens with one attached hydrogen (secondary N) is 1. The first kappa shape index (κ1) is 14.2. The number of hydrogen-bond acceptors (Lipinski definition) is 4. The largest absolute Gasteiger partial charge is 0.477 e. The number of aliphatic carboxylic acids is 1. The smallest absolute Gasteiger partial charge is 0.352 e. The third-order valence-corrected chi connectivity index (χ3v) is 3.87. The molecule has 2 N–H and O–H groups in total. The molecule has 118 valence electrons. The highest BCUT2D eigenvalue weighted by Crippen LogP contribution is 2.30. The molecule has 1 atom stereocenters. The molecule has 24 heavy (non-hydrogen) atoms. The molecule has 0 saturated heterocycles. The van der Waals surface area contributed by atoms with Gasteiger partial charge in [-0.25, -0.2) is 9.48 Å². The van der Waals surface area contributed by atoms with Crippen LogP contribution in [0.5, 0.6) is 0 Å². The second kappa shape index (κ2) is 5.66. The number of carbonyl (C=O) groups is 1. The maximum atomic E-state index is 11.4. The van der Waals surface area contributed by atoms with E-state index < -0.39 is 5.97 Å². The summed E-state index contributed by atoms with van der Waals surface area (Å²) in [4.78, 5) is 15.9. The lowest BCUT2D eigenvalue weighted by molar-refractivity contribution is -0.132. The van der Waals surface area contributed by atoms with Crippen molar-refractivity contribution in [3.05, 3.63) is 78.0 Å². The number of nitrogens with zero attached hydrogens (tertiary/aromatic N) is 3. The molecular weight excluding hydrogens is 304 g/mol. The molecule has 0 unspecified atom stereocenters. The standard InChI is InChI=1S/C18H14N4O2/c23-17(24)14-11-15(12-7-3-1-4-8-12)22-18(19-14)20-16(21-22)13-9-5-2-6-10-13/h1-11,15H,(H,23,24)(H,19,20,21)/t15-/m1/s1. The molecule has 3 aromatic rings. The fourth-order valence-corrected chi connectivity index (χ4v) is 2.71. The summed E-state index contributed by atoms with van der Waals surface area (Å²) in [6.07, 6.45) is 1.65. The van der Waals surface area contributed by atoms with E-state index in [9.17, 15) is 9.90 Å². The van der Waals surface area contributed by atoms with Crippen LogP contribution >= 0.6 is 0 Å². The lowest BCUT2D eigenvalue weighted by Gasteiger charge is -2.22. The Balaban J connectivity index is 1.83. The van der Waals surface area contributed by atoms with Crippen LogP contribution in [0.15, 0.2) is 72.4 Å². The fraction of sp³-hybridized carbons (Fsp3) is 0.0556. The SMILES string of the molecule is O=C(O)C1=C[C@H](c2ccccc2)n2nc(-c3ccccc3)nc2N1. The van der Waals surface area contributed by atoms with E-state index in [1.807, 2.05) is 60.7 Å². The molecule has 6 heteroatoms. The molecule has 0 saturated carbocycles. The van der Waals surface area contributed by atoms with Crippen molar-refractivity contribution in [1.29, 1.82) is 0 Å². The van der Waals surface area contributed by atoms with Crippen LogP contribution in [-0.4, -0.2) is 25.8 Å². The zero-order valence-corrected chi connectivity index (χ0v) is 12.6. The van der Waals surface area contributed by atoms with Gasteiger partial charge in [0, 0.05) is 5.56 Å². The molecule has 1 aliphatic rings. The summed E-state index contributed by atoms with van der Waals surface area (Å²) in [5.41, 5.74) is 1.93. The van der Waals surface area contributed by atoms with Crippen LogP contribution in [0.3, 0.4) is 0 Å². The van der Waals surface area contributed by atoms with Gasteiger partial charge in [-0.15, -0.1) is 5.10 Å². The van der Waals surface area contributed by atoms with E-state index in [4.69, 9.17) is 0 Å². The van der Waals surface area contributed by atoms with Crippen LogP contribution in [0, 0.1) is 0 Å². The van der Waals surface area contributed by atoms with Gasteiger partial charge in [-0.2, -0.15) is 4.98 Å². The maximum Gasteiger partial charge on any atom is 0.352 e. The van der Waals surface area contributed by atoms with Gasteiger partial charge >= 0.3 is 5.97 Å². The van der Waals surface area contributed by atoms with Gasteiger partial charge in [-0.05, 0) is 11.6 Å². The van der Waals surface area contributed by atoms with Gasteiger partial charge in [0.05, 0.1) is 0 Å². The summed E-state index contributed by atoms with van der Waals surface area (Å²) in [5, 5.41) is 16.8. The molecule has 0 radical (unpaired) electrons. The Labute approximate surface area is 138 Å². The van der Waals surface area contributed by atoms with E-state index in [0.29, 0.717) is 11.8 Å². The van der Waals surface area contributed by atoms with Gasteiger partial charge in [-0.3, -0.25) is 0 Å². The summed E-state index contributed by atoms with van der Waals surface area (Å²) in [6, 6.07) is 18.9. The average Bonchev–Trinajstić information content (AvgIpc) is 3.06. The second-order valence-corrected chi connectivity index (χ2v) is 5.44. The average molecular weight is 318 g/mol. The van der Waals surface area contributed by atoms with Crippen molar-refractivity contribution < 1.29 is 9.90 Å². The lowest BCUT2D eigenvalue weighted by atomic mass is 10.0. The molecule has 6 nitrogen and oxygen atoms in total. The highest BCUT2D eigenvalue weighted by Gasteiger charge is 2.27. The highest BCUT2D eigenvalue weighted by molar-refractivity contribution is 5.90. The van der Waals surface area contributed by atoms with Gasteiger partial charge in [-0.1, -0.05) is 60.7 Å². The van der Waals surface area contributed by atoms with Gasteiger partial charge in [0.2, 0.25) is 5.95 Å². The van der Waals surface area contributed by atoms with E-state index >= 15 is 0 Å². The number of aromatic nitrogens is 3. The second-order valence-electron chi connectivity index (χ2n) is 5.44. The summed E-state index contributed by atoms with van der Waals surface area (Å²) in [7, 11) is 0. The van der Waals surface area contributed by atoms with E-state index in [0.717, 1.165) is 11.1 Å². The minimum absolute atomic E-state index is 0.100. The number of carboxylic acid groups (broad SMARTS) is 1. The molecule has 0 bridgehead atoms. The Morgan fingerprint density at radius 3 is 2.38 bits per heavy atom. The van der Waals surface area contributed by atoms with Gasteiger partial charge in [0.1, 0.15) is 11.7 Å². The quantitative estimate of drug-likeness (QED) is 0.776. The third-order valence-electron chi connectivity index (χ3n) is 3.87. The van der Waals surface area contributed by atoms with E-state index in [2.05, 4.69) is 15.4 Å². The van der Waals surface area contributed by atoms with Gasteiger partial charge in [0.25, 0.3) is 0 Å². The maximum absolute atomic E-state index is 11.4. The van der Waals surface area contributed by atoms with E-state index in [1.165, 1.54) is 0 Å². The van der Waals surface area contributed by atoms with Crippen LogP contribution < -0.4 is 5.32 Å².